The summed E-state index contributed by atoms with van der Waals surface area (Å²) in [4.78, 5) is 32.0. The Kier molecular flexibility index (Phi) is 4.72. The highest BCUT2D eigenvalue weighted by Gasteiger charge is 2.53. The standard InChI is InChI=1S/C8H11O7/c9-4-2-1-3-8(5(10)11,6(12)13)7(14)15/h1-4H2,(H,10,11)(H,12,13)(H,14,15). The summed E-state index contributed by atoms with van der Waals surface area (Å²) >= 11 is 0. The maximum absolute atomic E-state index is 10.7. The van der Waals surface area contributed by atoms with E-state index in [1.807, 2.05) is 0 Å². The summed E-state index contributed by atoms with van der Waals surface area (Å²) in [5, 5.41) is 36.0. The molecule has 3 N–H and O–H groups in total. The van der Waals surface area contributed by atoms with Crippen molar-refractivity contribution in [2.45, 2.75) is 19.3 Å². The van der Waals surface area contributed by atoms with E-state index in [-0.39, 0.29) is 12.8 Å². The van der Waals surface area contributed by atoms with E-state index in [0.717, 1.165) is 0 Å². The summed E-state index contributed by atoms with van der Waals surface area (Å²) < 4.78 is 0. The molecule has 0 bridgehead atoms. The third kappa shape index (κ3) is 2.66. The molecule has 0 aliphatic carbocycles. The van der Waals surface area contributed by atoms with Crippen molar-refractivity contribution in [2.24, 2.45) is 5.41 Å². The van der Waals surface area contributed by atoms with Crippen molar-refractivity contribution < 1.29 is 34.8 Å². The number of hydrogen-bond acceptors (Lipinski definition) is 3. The van der Waals surface area contributed by atoms with Gasteiger partial charge in [0.25, 0.3) is 5.41 Å². The predicted octanol–water partition coefficient (Wildman–Crippen LogP) is -0.173. The van der Waals surface area contributed by atoms with Gasteiger partial charge in [0.1, 0.15) is 0 Å². The molecule has 0 aromatic heterocycles. The first-order valence-corrected chi connectivity index (χ1v) is 4.18. The van der Waals surface area contributed by atoms with Crippen molar-refractivity contribution in [3.05, 3.63) is 0 Å². The molecule has 0 aliphatic heterocycles. The Balaban J connectivity index is 4.90. The van der Waals surface area contributed by atoms with Crippen LogP contribution < -0.4 is 0 Å². The molecule has 85 valence electrons. The van der Waals surface area contributed by atoms with Crippen molar-refractivity contribution in [3.63, 3.8) is 0 Å². The number of carbonyl (C=O) groups is 3. The van der Waals surface area contributed by atoms with Gasteiger partial charge in [-0.25, -0.2) is 5.11 Å². The van der Waals surface area contributed by atoms with E-state index in [0.29, 0.717) is 0 Å². The van der Waals surface area contributed by atoms with Crippen LogP contribution in [0, 0.1) is 5.41 Å². The summed E-state index contributed by atoms with van der Waals surface area (Å²) in [6.45, 7) is -0.491. The van der Waals surface area contributed by atoms with E-state index < -0.39 is 36.4 Å². The van der Waals surface area contributed by atoms with Gasteiger partial charge in [-0.15, -0.1) is 0 Å². The van der Waals surface area contributed by atoms with Gasteiger partial charge in [-0.3, -0.25) is 14.4 Å². The molecule has 0 aromatic carbocycles. The molecule has 0 aromatic rings. The van der Waals surface area contributed by atoms with Crippen molar-refractivity contribution in [1.29, 1.82) is 0 Å². The molecular weight excluding hydrogens is 208 g/mol. The van der Waals surface area contributed by atoms with E-state index >= 15 is 0 Å². The molecule has 0 fully saturated rings. The summed E-state index contributed by atoms with van der Waals surface area (Å²) in [5.41, 5.74) is -2.84. The van der Waals surface area contributed by atoms with Gasteiger partial charge in [-0.2, -0.15) is 0 Å². The van der Waals surface area contributed by atoms with Gasteiger partial charge in [0, 0.05) is 0 Å². The molecule has 0 amide bonds. The second-order valence-electron chi connectivity index (χ2n) is 2.98. The van der Waals surface area contributed by atoms with Crippen molar-refractivity contribution in [2.75, 3.05) is 6.61 Å². The number of rotatable bonds is 7. The molecule has 0 unspecified atom stereocenters. The Morgan fingerprint density at radius 2 is 1.27 bits per heavy atom. The SMILES string of the molecule is [O]CCCCC(C(=O)O)(C(=O)O)C(=O)O. The first kappa shape index (κ1) is 13.4. The first-order chi connectivity index (χ1) is 6.89. The first-order valence-electron chi connectivity index (χ1n) is 4.18. The number of carboxylic acid groups (broad SMARTS) is 3. The van der Waals surface area contributed by atoms with Crippen LogP contribution >= 0.6 is 0 Å². The quantitative estimate of drug-likeness (QED) is 0.402. The van der Waals surface area contributed by atoms with Crippen LogP contribution in [0.2, 0.25) is 0 Å². The van der Waals surface area contributed by atoms with E-state index in [4.69, 9.17) is 15.3 Å². The Morgan fingerprint density at radius 1 is 0.867 bits per heavy atom. The Bertz CT molecular complexity index is 234. The Hall–Kier alpha value is -1.63. The Morgan fingerprint density at radius 3 is 1.53 bits per heavy atom. The van der Waals surface area contributed by atoms with Crippen LogP contribution in [-0.2, 0) is 19.5 Å². The number of unbranched alkanes of at least 4 members (excludes halogenated alkanes) is 1. The van der Waals surface area contributed by atoms with Crippen molar-refractivity contribution in [1.82, 2.24) is 0 Å². The normalized spacial score (nSPS) is 11.0. The van der Waals surface area contributed by atoms with Crippen LogP contribution in [0.5, 0.6) is 0 Å². The Labute approximate surface area is 85.0 Å². The molecule has 0 spiro atoms. The molecule has 0 heterocycles. The molecular formula is C8H11O7. The highest BCUT2D eigenvalue weighted by Crippen LogP contribution is 2.26. The molecule has 0 rings (SSSR count). The average molecular weight is 219 g/mol. The molecule has 7 nitrogen and oxygen atoms in total. The highest BCUT2D eigenvalue weighted by molar-refractivity contribution is 6.16. The van der Waals surface area contributed by atoms with E-state index in [1.165, 1.54) is 0 Å². The summed E-state index contributed by atoms with van der Waals surface area (Å²) in [6.07, 6.45) is -0.584. The summed E-state index contributed by atoms with van der Waals surface area (Å²) in [5.74, 6) is -5.77. The lowest BCUT2D eigenvalue weighted by Gasteiger charge is -2.19. The fraction of sp³-hybridized carbons (Fsp3) is 0.625. The van der Waals surface area contributed by atoms with Gasteiger partial charge in [0.15, 0.2) is 0 Å². The topological polar surface area (TPSA) is 132 Å². The minimum atomic E-state index is -2.84. The van der Waals surface area contributed by atoms with Gasteiger partial charge >= 0.3 is 17.9 Å². The molecule has 1 radical (unpaired) electrons. The van der Waals surface area contributed by atoms with Gasteiger partial charge in [0.2, 0.25) is 0 Å². The molecule has 0 aliphatic rings. The molecule has 0 saturated carbocycles. The van der Waals surface area contributed by atoms with Crippen LogP contribution in [0.15, 0.2) is 0 Å². The van der Waals surface area contributed by atoms with E-state index in [9.17, 15) is 19.5 Å². The summed E-state index contributed by atoms with van der Waals surface area (Å²) in [7, 11) is 0. The van der Waals surface area contributed by atoms with Crippen molar-refractivity contribution >= 4 is 17.9 Å². The third-order valence-electron chi connectivity index (χ3n) is 2.04. The lowest BCUT2D eigenvalue weighted by atomic mass is 9.83. The number of aliphatic carboxylic acids is 3. The van der Waals surface area contributed by atoms with Gasteiger partial charge in [0.05, 0.1) is 6.61 Å². The monoisotopic (exact) mass is 219 g/mol. The highest BCUT2D eigenvalue weighted by atomic mass is 16.4. The zero-order valence-electron chi connectivity index (χ0n) is 7.80. The lowest BCUT2D eigenvalue weighted by Crippen LogP contribution is -2.46. The van der Waals surface area contributed by atoms with Crippen LogP contribution in [0.1, 0.15) is 19.3 Å². The second-order valence-corrected chi connectivity index (χ2v) is 2.98. The molecule has 7 heteroatoms. The molecule has 0 saturated heterocycles. The van der Waals surface area contributed by atoms with Gasteiger partial charge in [-0.1, -0.05) is 0 Å². The van der Waals surface area contributed by atoms with Crippen LogP contribution in [0.25, 0.3) is 0 Å². The number of hydrogen-bond donors (Lipinski definition) is 3. The largest absolute Gasteiger partial charge is 0.480 e. The fourth-order valence-electron chi connectivity index (χ4n) is 1.09. The van der Waals surface area contributed by atoms with Crippen LogP contribution in [0.3, 0.4) is 0 Å². The lowest BCUT2D eigenvalue weighted by molar-refractivity contribution is -0.176. The average Bonchev–Trinajstić information content (AvgIpc) is 2.10. The molecule has 15 heavy (non-hydrogen) atoms. The second kappa shape index (κ2) is 5.30. The predicted molar refractivity (Wildman–Crippen MR) is 44.7 cm³/mol. The van der Waals surface area contributed by atoms with Gasteiger partial charge < -0.3 is 15.3 Å². The number of carboxylic acids is 3. The fourth-order valence-corrected chi connectivity index (χ4v) is 1.09. The summed E-state index contributed by atoms with van der Waals surface area (Å²) in [6, 6.07) is 0. The van der Waals surface area contributed by atoms with E-state index in [2.05, 4.69) is 0 Å². The maximum atomic E-state index is 10.7. The minimum absolute atomic E-state index is 0.0472. The van der Waals surface area contributed by atoms with Crippen LogP contribution in [0.4, 0.5) is 0 Å². The third-order valence-corrected chi connectivity index (χ3v) is 2.04. The minimum Gasteiger partial charge on any atom is -0.480 e. The van der Waals surface area contributed by atoms with Crippen molar-refractivity contribution in [3.8, 4) is 0 Å². The van der Waals surface area contributed by atoms with Crippen LogP contribution in [-0.4, -0.2) is 39.8 Å². The maximum Gasteiger partial charge on any atom is 0.332 e. The smallest absolute Gasteiger partial charge is 0.332 e. The molecule has 0 atom stereocenters. The zero-order chi connectivity index (χ0) is 12.1. The van der Waals surface area contributed by atoms with Gasteiger partial charge in [-0.05, 0) is 19.3 Å². The zero-order valence-corrected chi connectivity index (χ0v) is 7.80. The van der Waals surface area contributed by atoms with E-state index in [1.54, 1.807) is 0 Å².